The van der Waals surface area contributed by atoms with Crippen molar-refractivity contribution in [1.29, 1.82) is 0 Å². The zero-order valence-electron chi connectivity index (χ0n) is 12.3. The van der Waals surface area contributed by atoms with Gasteiger partial charge in [-0.05, 0) is 25.0 Å². The lowest BCUT2D eigenvalue weighted by Crippen LogP contribution is -2.41. The van der Waals surface area contributed by atoms with E-state index in [0.29, 0.717) is 13.0 Å². The van der Waals surface area contributed by atoms with Crippen LogP contribution in [0.3, 0.4) is 0 Å². The molecule has 1 aromatic carbocycles. The van der Waals surface area contributed by atoms with Crippen LogP contribution in [-0.2, 0) is 17.8 Å². The lowest BCUT2D eigenvalue weighted by atomic mass is 10.1. The second kappa shape index (κ2) is 6.29. The van der Waals surface area contributed by atoms with Gasteiger partial charge in [-0.15, -0.1) is 11.3 Å². The van der Waals surface area contributed by atoms with Crippen molar-refractivity contribution in [2.24, 2.45) is 5.73 Å². The van der Waals surface area contributed by atoms with E-state index in [2.05, 4.69) is 15.3 Å². The van der Waals surface area contributed by atoms with Crippen molar-refractivity contribution in [3.05, 3.63) is 52.1 Å². The molecule has 0 bridgehead atoms. The Morgan fingerprint density at radius 2 is 2.27 bits per heavy atom. The van der Waals surface area contributed by atoms with E-state index in [0.717, 1.165) is 27.0 Å². The van der Waals surface area contributed by atoms with Gasteiger partial charge in [-0.1, -0.05) is 18.2 Å². The summed E-state index contributed by atoms with van der Waals surface area (Å²) in [6.45, 7) is 2.42. The predicted octanol–water partition coefficient (Wildman–Crippen LogP) is 2.12. The normalized spacial score (nSPS) is 12.5. The van der Waals surface area contributed by atoms with Crippen molar-refractivity contribution < 1.29 is 4.79 Å². The SMILES string of the molecule is Cc1ncsc1CNC(=O)[C@@H](N)Cc1c[nH]c2ccccc12. The average molecular weight is 314 g/mol. The van der Waals surface area contributed by atoms with E-state index >= 15 is 0 Å². The number of hydrogen-bond donors (Lipinski definition) is 3. The number of hydrogen-bond acceptors (Lipinski definition) is 4. The van der Waals surface area contributed by atoms with E-state index in [1.165, 1.54) is 11.3 Å². The number of aromatic nitrogens is 2. The van der Waals surface area contributed by atoms with Crippen LogP contribution in [0, 0.1) is 6.92 Å². The number of benzene rings is 1. The van der Waals surface area contributed by atoms with E-state index in [1.807, 2.05) is 37.4 Å². The van der Waals surface area contributed by atoms with Crippen molar-refractivity contribution in [2.45, 2.75) is 25.9 Å². The molecule has 114 valence electrons. The number of amides is 1. The highest BCUT2D eigenvalue weighted by Crippen LogP contribution is 2.19. The number of para-hydroxylation sites is 1. The van der Waals surface area contributed by atoms with Gasteiger partial charge >= 0.3 is 0 Å². The minimum absolute atomic E-state index is 0.141. The van der Waals surface area contributed by atoms with Gasteiger partial charge in [-0.25, -0.2) is 4.98 Å². The third-order valence-electron chi connectivity index (χ3n) is 3.72. The summed E-state index contributed by atoms with van der Waals surface area (Å²) < 4.78 is 0. The lowest BCUT2D eigenvalue weighted by molar-refractivity contribution is -0.122. The molecule has 0 radical (unpaired) electrons. The van der Waals surface area contributed by atoms with Crippen molar-refractivity contribution in [1.82, 2.24) is 15.3 Å². The van der Waals surface area contributed by atoms with Gasteiger partial charge in [-0.3, -0.25) is 4.79 Å². The standard InChI is InChI=1S/C16H18N4OS/c1-10-15(22-9-20-10)8-19-16(21)13(17)6-11-7-18-14-5-3-2-4-12(11)14/h2-5,7,9,13,18H,6,8,17H2,1H3,(H,19,21)/t13-/m0/s1. The average Bonchev–Trinajstić information content (AvgIpc) is 3.12. The molecule has 1 atom stereocenters. The van der Waals surface area contributed by atoms with Gasteiger partial charge in [-0.2, -0.15) is 0 Å². The number of nitrogens with zero attached hydrogens (tertiary/aromatic N) is 1. The van der Waals surface area contributed by atoms with Crippen LogP contribution in [0.4, 0.5) is 0 Å². The number of aryl methyl sites for hydroxylation is 1. The van der Waals surface area contributed by atoms with E-state index in [1.54, 1.807) is 5.51 Å². The minimum atomic E-state index is -0.563. The Morgan fingerprint density at radius 3 is 3.05 bits per heavy atom. The number of rotatable bonds is 5. The van der Waals surface area contributed by atoms with E-state index in [-0.39, 0.29) is 5.91 Å². The zero-order valence-corrected chi connectivity index (χ0v) is 13.1. The Morgan fingerprint density at radius 1 is 1.45 bits per heavy atom. The fourth-order valence-electron chi connectivity index (χ4n) is 2.42. The third kappa shape index (κ3) is 3.03. The topological polar surface area (TPSA) is 83.8 Å². The summed E-state index contributed by atoms with van der Waals surface area (Å²) in [5.74, 6) is -0.141. The molecule has 0 aliphatic rings. The van der Waals surface area contributed by atoms with Crippen LogP contribution in [0.1, 0.15) is 16.1 Å². The summed E-state index contributed by atoms with van der Waals surface area (Å²) in [6, 6.07) is 7.45. The predicted molar refractivity (Wildman–Crippen MR) is 88.7 cm³/mol. The highest BCUT2D eigenvalue weighted by Gasteiger charge is 2.16. The first-order valence-corrected chi connectivity index (χ1v) is 8.00. The molecule has 2 aromatic heterocycles. The van der Waals surface area contributed by atoms with Gasteiger partial charge in [0.05, 0.1) is 23.8 Å². The van der Waals surface area contributed by atoms with E-state index < -0.39 is 6.04 Å². The molecule has 4 N–H and O–H groups in total. The smallest absolute Gasteiger partial charge is 0.237 e. The van der Waals surface area contributed by atoms with Crippen molar-refractivity contribution in [3.8, 4) is 0 Å². The van der Waals surface area contributed by atoms with Crippen LogP contribution in [0.25, 0.3) is 10.9 Å². The number of carbonyl (C=O) groups is 1. The zero-order chi connectivity index (χ0) is 15.5. The van der Waals surface area contributed by atoms with Gasteiger partial charge in [0.2, 0.25) is 5.91 Å². The first-order valence-electron chi connectivity index (χ1n) is 7.12. The maximum atomic E-state index is 12.1. The molecular formula is C16H18N4OS. The Hall–Kier alpha value is -2.18. The molecule has 0 aliphatic carbocycles. The summed E-state index contributed by atoms with van der Waals surface area (Å²) in [6.07, 6.45) is 2.43. The first kappa shape index (κ1) is 14.7. The molecule has 22 heavy (non-hydrogen) atoms. The number of H-pyrrole nitrogens is 1. The minimum Gasteiger partial charge on any atom is -0.361 e. The number of nitrogens with one attached hydrogen (secondary N) is 2. The maximum Gasteiger partial charge on any atom is 0.237 e. The van der Waals surface area contributed by atoms with Gasteiger partial charge in [0, 0.05) is 22.0 Å². The second-order valence-corrected chi connectivity index (χ2v) is 6.19. The fourth-order valence-corrected chi connectivity index (χ4v) is 3.14. The van der Waals surface area contributed by atoms with Crippen LogP contribution >= 0.6 is 11.3 Å². The Balaban J connectivity index is 1.62. The van der Waals surface area contributed by atoms with Crippen molar-refractivity contribution >= 4 is 28.1 Å². The second-order valence-electron chi connectivity index (χ2n) is 5.25. The molecule has 0 saturated carbocycles. The van der Waals surface area contributed by atoms with Gasteiger partial charge in [0.15, 0.2) is 0 Å². The third-order valence-corrected chi connectivity index (χ3v) is 4.65. The lowest BCUT2D eigenvalue weighted by Gasteiger charge is -2.11. The number of aromatic amines is 1. The summed E-state index contributed by atoms with van der Waals surface area (Å²) in [5.41, 5.74) is 10.9. The van der Waals surface area contributed by atoms with E-state index in [9.17, 15) is 4.79 Å². The molecule has 0 saturated heterocycles. The summed E-state index contributed by atoms with van der Waals surface area (Å²) in [5, 5.41) is 4.00. The van der Waals surface area contributed by atoms with Crippen molar-refractivity contribution in [3.63, 3.8) is 0 Å². The molecular weight excluding hydrogens is 296 g/mol. The Kier molecular flexibility index (Phi) is 4.22. The summed E-state index contributed by atoms with van der Waals surface area (Å²) in [7, 11) is 0. The number of nitrogens with two attached hydrogens (primary N) is 1. The summed E-state index contributed by atoms with van der Waals surface area (Å²) in [4.78, 5) is 20.6. The molecule has 1 amide bonds. The molecule has 0 aliphatic heterocycles. The fraction of sp³-hybridized carbons (Fsp3) is 0.250. The quantitative estimate of drug-likeness (QED) is 0.674. The van der Waals surface area contributed by atoms with Crippen molar-refractivity contribution in [2.75, 3.05) is 0 Å². The highest BCUT2D eigenvalue weighted by atomic mass is 32.1. The van der Waals surface area contributed by atoms with Gasteiger partial charge in [0.1, 0.15) is 0 Å². The Bertz CT molecular complexity index is 792. The van der Waals surface area contributed by atoms with Crippen LogP contribution in [0.2, 0.25) is 0 Å². The monoisotopic (exact) mass is 314 g/mol. The molecule has 2 heterocycles. The Labute approximate surface area is 132 Å². The molecule has 3 rings (SSSR count). The highest BCUT2D eigenvalue weighted by molar-refractivity contribution is 7.09. The van der Waals surface area contributed by atoms with E-state index in [4.69, 9.17) is 5.73 Å². The maximum absolute atomic E-state index is 12.1. The molecule has 3 aromatic rings. The molecule has 6 heteroatoms. The largest absolute Gasteiger partial charge is 0.361 e. The molecule has 0 spiro atoms. The first-order chi connectivity index (χ1) is 10.6. The van der Waals surface area contributed by atoms with Crippen LogP contribution in [-0.4, -0.2) is 21.9 Å². The molecule has 0 fully saturated rings. The van der Waals surface area contributed by atoms with Crippen LogP contribution < -0.4 is 11.1 Å². The van der Waals surface area contributed by atoms with Crippen LogP contribution in [0.5, 0.6) is 0 Å². The molecule has 0 unspecified atom stereocenters. The van der Waals surface area contributed by atoms with Gasteiger partial charge in [0.25, 0.3) is 0 Å². The summed E-state index contributed by atoms with van der Waals surface area (Å²) >= 11 is 1.54. The molecule has 5 nitrogen and oxygen atoms in total. The number of carbonyl (C=O) groups excluding carboxylic acids is 1. The number of fused-ring (bicyclic) bond motifs is 1. The van der Waals surface area contributed by atoms with Crippen LogP contribution in [0.15, 0.2) is 36.0 Å². The van der Waals surface area contributed by atoms with Gasteiger partial charge < -0.3 is 16.0 Å². The number of thiazole rings is 1.